The minimum Gasteiger partial charge on any atom is -0.465 e. The molecule has 0 amide bonds. The van der Waals surface area contributed by atoms with Crippen LogP contribution in [0.2, 0.25) is 0 Å². The number of ether oxygens (including phenoxy) is 2. The minimum absolute atomic E-state index is 0.380. The number of fused-ring (bicyclic) bond motifs is 1. The molecule has 0 aliphatic rings. The van der Waals surface area contributed by atoms with E-state index < -0.39 is 0 Å². The fourth-order valence-electron chi connectivity index (χ4n) is 1.55. The highest BCUT2D eigenvalue weighted by molar-refractivity contribution is 5.96. The second-order valence-electron chi connectivity index (χ2n) is 3.35. The van der Waals surface area contributed by atoms with Crippen LogP contribution >= 0.6 is 0 Å². The van der Waals surface area contributed by atoms with Crippen LogP contribution < -0.4 is 0 Å². The summed E-state index contributed by atoms with van der Waals surface area (Å²) in [6.07, 6.45) is 3.32. The van der Waals surface area contributed by atoms with E-state index in [1.165, 1.54) is 13.3 Å². The number of carbonyl (C=O) groups is 1. The molecule has 0 N–H and O–H groups in total. The number of esters is 1. The van der Waals surface area contributed by atoms with Crippen molar-refractivity contribution in [2.75, 3.05) is 14.2 Å². The zero-order chi connectivity index (χ0) is 11.5. The van der Waals surface area contributed by atoms with E-state index in [4.69, 9.17) is 4.74 Å². The molecular formula is C11H12N2O3. The molecule has 0 fully saturated rings. The van der Waals surface area contributed by atoms with Crippen molar-refractivity contribution in [1.29, 1.82) is 0 Å². The van der Waals surface area contributed by atoms with E-state index in [1.807, 2.05) is 18.3 Å². The molecule has 0 bridgehead atoms. The van der Waals surface area contributed by atoms with Crippen LogP contribution in [0.15, 0.2) is 24.5 Å². The predicted molar refractivity (Wildman–Crippen MR) is 57.2 cm³/mol. The number of methoxy groups -OCH3 is 2. The summed E-state index contributed by atoms with van der Waals surface area (Å²) in [5.41, 5.74) is 2.19. The summed E-state index contributed by atoms with van der Waals surface area (Å²) in [6, 6.07) is 3.72. The van der Waals surface area contributed by atoms with Gasteiger partial charge in [-0.1, -0.05) is 6.07 Å². The highest BCUT2D eigenvalue weighted by Crippen LogP contribution is 2.13. The lowest BCUT2D eigenvalue weighted by atomic mass is 10.2. The number of rotatable bonds is 3. The number of pyridine rings is 1. The lowest BCUT2D eigenvalue weighted by Gasteiger charge is -2.01. The number of aromatic nitrogens is 2. The summed E-state index contributed by atoms with van der Waals surface area (Å²) in [4.78, 5) is 11.4. The zero-order valence-electron chi connectivity index (χ0n) is 9.14. The lowest BCUT2D eigenvalue weighted by Crippen LogP contribution is -2.00. The van der Waals surface area contributed by atoms with E-state index in [-0.39, 0.29) is 5.97 Å². The topological polar surface area (TPSA) is 52.8 Å². The van der Waals surface area contributed by atoms with Gasteiger partial charge < -0.3 is 9.47 Å². The van der Waals surface area contributed by atoms with E-state index in [1.54, 1.807) is 11.6 Å². The molecule has 16 heavy (non-hydrogen) atoms. The van der Waals surface area contributed by atoms with Gasteiger partial charge in [0, 0.05) is 13.3 Å². The first-order valence-corrected chi connectivity index (χ1v) is 4.80. The van der Waals surface area contributed by atoms with E-state index in [0.29, 0.717) is 12.2 Å². The fourth-order valence-corrected chi connectivity index (χ4v) is 1.55. The summed E-state index contributed by atoms with van der Waals surface area (Å²) in [6.45, 7) is 0.517. The highest BCUT2D eigenvalue weighted by atomic mass is 16.5. The molecule has 2 aromatic heterocycles. The summed E-state index contributed by atoms with van der Waals surface area (Å²) < 4.78 is 11.3. The SMILES string of the molecule is COCc1ccc2c(C(=O)OC)cnn2c1. The number of hydrogen-bond donors (Lipinski definition) is 0. The Labute approximate surface area is 92.6 Å². The molecule has 0 saturated carbocycles. The van der Waals surface area contributed by atoms with Crippen LogP contribution in [0.4, 0.5) is 0 Å². The Bertz CT molecular complexity index is 519. The van der Waals surface area contributed by atoms with Gasteiger partial charge in [0.2, 0.25) is 0 Å². The van der Waals surface area contributed by atoms with Gasteiger partial charge in [-0.25, -0.2) is 9.31 Å². The molecule has 0 aromatic carbocycles. The van der Waals surface area contributed by atoms with Crippen LogP contribution in [-0.2, 0) is 16.1 Å². The molecule has 0 saturated heterocycles. The van der Waals surface area contributed by atoms with Gasteiger partial charge in [0.15, 0.2) is 0 Å². The Morgan fingerprint density at radius 3 is 2.94 bits per heavy atom. The lowest BCUT2D eigenvalue weighted by molar-refractivity contribution is 0.0603. The molecule has 0 radical (unpaired) electrons. The molecule has 5 heteroatoms. The summed E-state index contributed by atoms with van der Waals surface area (Å²) in [5, 5.41) is 4.09. The normalized spacial score (nSPS) is 10.6. The van der Waals surface area contributed by atoms with Gasteiger partial charge in [-0.3, -0.25) is 0 Å². The van der Waals surface area contributed by atoms with Gasteiger partial charge in [0.05, 0.1) is 25.4 Å². The summed E-state index contributed by atoms with van der Waals surface area (Å²) in [7, 11) is 2.98. The van der Waals surface area contributed by atoms with Crippen molar-refractivity contribution >= 4 is 11.5 Å². The average molecular weight is 220 g/mol. The predicted octanol–water partition coefficient (Wildman–Crippen LogP) is 1.27. The molecule has 5 nitrogen and oxygen atoms in total. The quantitative estimate of drug-likeness (QED) is 0.731. The largest absolute Gasteiger partial charge is 0.465 e. The number of carbonyl (C=O) groups excluding carboxylic acids is 1. The third-order valence-electron chi connectivity index (χ3n) is 2.29. The Balaban J connectivity index is 2.46. The molecule has 0 aliphatic heterocycles. The molecular weight excluding hydrogens is 208 g/mol. The van der Waals surface area contributed by atoms with Crippen LogP contribution in [0, 0.1) is 0 Å². The molecule has 0 spiro atoms. The standard InChI is InChI=1S/C11H12N2O3/c1-15-7-8-3-4-10-9(11(14)16-2)5-12-13(10)6-8/h3-6H,7H2,1-2H3. The fraction of sp³-hybridized carbons (Fsp3) is 0.273. The smallest absolute Gasteiger partial charge is 0.341 e. The van der Waals surface area contributed by atoms with Crippen molar-refractivity contribution in [3.8, 4) is 0 Å². The van der Waals surface area contributed by atoms with Crippen molar-refractivity contribution in [1.82, 2.24) is 9.61 Å². The van der Waals surface area contributed by atoms with E-state index in [0.717, 1.165) is 11.1 Å². The average Bonchev–Trinajstić information content (AvgIpc) is 2.71. The Morgan fingerprint density at radius 2 is 2.25 bits per heavy atom. The molecule has 0 aliphatic carbocycles. The molecule has 2 heterocycles. The van der Waals surface area contributed by atoms with E-state index in [2.05, 4.69) is 9.84 Å². The maximum atomic E-state index is 11.4. The van der Waals surface area contributed by atoms with Gasteiger partial charge >= 0.3 is 5.97 Å². The Morgan fingerprint density at radius 1 is 1.44 bits per heavy atom. The first kappa shape index (κ1) is 10.6. The van der Waals surface area contributed by atoms with Gasteiger partial charge in [0.1, 0.15) is 5.56 Å². The van der Waals surface area contributed by atoms with Gasteiger partial charge in [-0.2, -0.15) is 5.10 Å². The van der Waals surface area contributed by atoms with Gasteiger partial charge in [-0.05, 0) is 11.6 Å². The van der Waals surface area contributed by atoms with Crippen LogP contribution in [0.3, 0.4) is 0 Å². The van der Waals surface area contributed by atoms with E-state index in [9.17, 15) is 4.79 Å². The number of hydrogen-bond acceptors (Lipinski definition) is 4. The maximum Gasteiger partial charge on any atom is 0.341 e. The van der Waals surface area contributed by atoms with Crippen molar-refractivity contribution in [3.05, 3.63) is 35.7 Å². The van der Waals surface area contributed by atoms with Crippen LogP contribution in [0.1, 0.15) is 15.9 Å². The second kappa shape index (κ2) is 4.32. The van der Waals surface area contributed by atoms with Crippen molar-refractivity contribution < 1.29 is 14.3 Å². The van der Waals surface area contributed by atoms with Crippen LogP contribution in [-0.4, -0.2) is 29.8 Å². The third kappa shape index (κ3) is 1.77. The molecule has 2 aromatic rings. The summed E-state index contributed by atoms with van der Waals surface area (Å²) >= 11 is 0. The van der Waals surface area contributed by atoms with E-state index >= 15 is 0 Å². The number of nitrogens with zero attached hydrogens (tertiary/aromatic N) is 2. The second-order valence-corrected chi connectivity index (χ2v) is 3.35. The molecule has 2 rings (SSSR count). The molecule has 84 valence electrons. The monoisotopic (exact) mass is 220 g/mol. The Hall–Kier alpha value is -1.88. The first-order chi connectivity index (χ1) is 7.76. The van der Waals surface area contributed by atoms with Crippen LogP contribution in [0.5, 0.6) is 0 Å². The van der Waals surface area contributed by atoms with Crippen molar-refractivity contribution in [3.63, 3.8) is 0 Å². The highest BCUT2D eigenvalue weighted by Gasteiger charge is 2.12. The summed E-state index contributed by atoms with van der Waals surface area (Å²) in [5.74, 6) is -0.380. The van der Waals surface area contributed by atoms with Gasteiger partial charge in [-0.15, -0.1) is 0 Å². The van der Waals surface area contributed by atoms with Gasteiger partial charge in [0.25, 0.3) is 0 Å². The maximum absolute atomic E-state index is 11.4. The Kier molecular flexibility index (Phi) is 2.87. The molecule has 0 unspecified atom stereocenters. The first-order valence-electron chi connectivity index (χ1n) is 4.80. The third-order valence-corrected chi connectivity index (χ3v) is 2.29. The van der Waals surface area contributed by atoms with Crippen molar-refractivity contribution in [2.45, 2.75) is 6.61 Å². The minimum atomic E-state index is -0.380. The zero-order valence-corrected chi connectivity index (χ0v) is 9.14. The molecule has 0 atom stereocenters. The van der Waals surface area contributed by atoms with Crippen LogP contribution in [0.25, 0.3) is 5.52 Å². The van der Waals surface area contributed by atoms with Crippen molar-refractivity contribution in [2.24, 2.45) is 0 Å².